The van der Waals surface area contributed by atoms with E-state index < -0.39 is 34.9 Å². The first-order valence-corrected chi connectivity index (χ1v) is 20.3. The van der Waals surface area contributed by atoms with E-state index >= 15 is 0 Å². The van der Waals surface area contributed by atoms with Gasteiger partial charge < -0.3 is 25.2 Å². The summed E-state index contributed by atoms with van der Waals surface area (Å²) in [7, 11) is 1.40. The van der Waals surface area contributed by atoms with Crippen molar-refractivity contribution in [1.29, 1.82) is 5.26 Å². The third-order valence-corrected chi connectivity index (χ3v) is 11.6. The number of ether oxygens (including phenoxy) is 1. The molecule has 3 aliphatic rings. The zero-order valence-corrected chi connectivity index (χ0v) is 34.5. The number of aryl methyl sites for hydroxylation is 1. The maximum absolute atomic E-state index is 14.1. The smallest absolute Gasteiger partial charge is 0.419 e. The summed E-state index contributed by atoms with van der Waals surface area (Å²) in [5.74, 6) is -0.542. The summed E-state index contributed by atoms with van der Waals surface area (Å²) in [6, 6.07) is 14.6. The molecule has 0 spiro atoms. The summed E-state index contributed by atoms with van der Waals surface area (Å²) >= 11 is 5.44. The van der Waals surface area contributed by atoms with Gasteiger partial charge in [0.25, 0.3) is 5.91 Å². The molecule has 1 unspecified atom stereocenters. The van der Waals surface area contributed by atoms with Crippen LogP contribution in [-0.4, -0.2) is 108 Å². The molecule has 3 N–H and O–H groups in total. The number of carbonyl (C=O) groups is 4. The maximum atomic E-state index is 14.1. The van der Waals surface area contributed by atoms with Crippen molar-refractivity contribution >= 4 is 64.1 Å². The van der Waals surface area contributed by atoms with E-state index in [0.717, 1.165) is 42.2 Å². The summed E-state index contributed by atoms with van der Waals surface area (Å²) < 4.78 is 47.4. The Morgan fingerprint density at radius 3 is 2.55 bits per heavy atom. The molecule has 2 aliphatic heterocycles. The van der Waals surface area contributed by atoms with Gasteiger partial charge in [-0.1, -0.05) is 25.2 Å². The lowest BCUT2D eigenvalue weighted by Crippen LogP contribution is -2.63. The van der Waals surface area contributed by atoms with Gasteiger partial charge in [0, 0.05) is 62.8 Å². The standard InChI is InChI=1S/C42H48F3N9O5S/c1-4-28-19-31(54(26-60)41(13-6-14-41)40(58)51(3)32-21-33(42(43,44)45)35(22-46)47-23-32)9-11-36(28)59-18-17-52-15-16-53(27(2)24-52)25-38(56)49-30-8-5-7-29(20-30)48-34-10-12-37(55)50-39(34)57/h5,7-9,11,19-21,23,26-27,34,48H,4,6,10,12-18,24-25H2,1-3H3,(H,49,56)(H,50,55,57)/t27-,34?/m1/s1. The fraction of sp³-hybridized carbons (Fsp3) is 0.452. The molecule has 14 nitrogen and oxygen atoms in total. The molecule has 0 bridgehead atoms. The lowest BCUT2D eigenvalue weighted by molar-refractivity contribution is -0.138. The number of rotatable bonds is 15. The Hall–Kier alpha value is -5.64. The number of anilines is 4. The minimum absolute atomic E-state index is 0.0812. The van der Waals surface area contributed by atoms with Gasteiger partial charge in [0.05, 0.1) is 29.5 Å². The second-order valence-corrected chi connectivity index (χ2v) is 15.5. The van der Waals surface area contributed by atoms with E-state index in [4.69, 9.17) is 22.2 Å². The summed E-state index contributed by atoms with van der Waals surface area (Å²) in [6.07, 6.45) is -0.830. The van der Waals surface area contributed by atoms with Crippen LogP contribution in [0, 0.1) is 11.3 Å². The van der Waals surface area contributed by atoms with Gasteiger partial charge in [0.2, 0.25) is 17.7 Å². The molecule has 18 heteroatoms. The Bertz CT molecular complexity index is 2160. The van der Waals surface area contributed by atoms with Crippen molar-refractivity contribution in [2.24, 2.45) is 0 Å². The van der Waals surface area contributed by atoms with Gasteiger partial charge in [-0.25, -0.2) is 4.98 Å². The van der Waals surface area contributed by atoms with Crippen LogP contribution in [0.2, 0.25) is 0 Å². The molecule has 1 saturated carbocycles. The normalized spacial score (nSPS) is 19.3. The molecule has 3 heterocycles. The molecule has 3 fully saturated rings. The van der Waals surface area contributed by atoms with E-state index in [9.17, 15) is 32.3 Å². The van der Waals surface area contributed by atoms with Gasteiger partial charge in [-0.2, -0.15) is 18.4 Å². The monoisotopic (exact) mass is 847 g/mol. The second kappa shape index (κ2) is 18.7. The molecule has 60 heavy (non-hydrogen) atoms. The third kappa shape index (κ3) is 9.86. The highest BCUT2D eigenvalue weighted by atomic mass is 32.1. The predicted octanol–water partition coefficient (Wildman–Crippen LogP) is 5.12. The van der Waals surface area contributed by atoms with Crippen molar-refractivity contribution in [2.45, 2.75) is 76.2 Å². The molecule has 6 rings (SSSR count). The third-order valence-electron chi connectivity index (χ3n) is 11.4. The van der Waals surface area contributed by atoms with Crippen molar-refractivity contribution in [3.63, 3.8) is 0 Å². The van der Waals surface area contributed by atoms with Gasteiger partial charge in [0.1, 0.15) is 30.0 Å². The van der Waals surface area contributed by atoms with Gasteiger partial charge in [0.15, 0.2) is 5.69 Å². The SMILES string of the molecule is CCc1cc(N(C=S)C2(C(=O)N(C)c3cnc(C#N)c(C(F)(F)F)c3)CCC2)ccc1OCCN1CCN(CC(=O)Nc2cccc(NC3CCC(=O)NC3=O)c2)[C@H](C)C1. The maximum Gasteiger partial charge on any atom is 0.419 e. The van der Waals surface area contributed by atoms with E-state index in [1.165, 1.54) is 18.6 Å². The largest absolute Gasteiger partial charge is 0.492 e. The number of hydrogen-bond acceptors (Lipinski definition) is 11. The zero-order chi connectivity index (χ0) is 43.2. The second-order valence-electron chi connectivity index (χ2n) is 15.3. The number of benzene rings is 2. The van der Waals surface area contributed by atoms with Crippen molar-refractivity contribution in [2.75, 3.05) is 66.8 Å². The highest BCUT2D eigenvalue weighted by Gasteiger charge is 2.51. The Morgan fingerprint density at radius 1 is 1.13 bits per heavy atom. The summed E-state index contributed by atoms with van der Waals surface area (Å²) in [6.45, 7) is 7.56. The Balaban J connectivity index is 1.01. The van der Waals surface area contributed by atoms with Gasteiger partial charge in [-0.15, -0.1) is 0 Å². The highest BCUT2D eigenvalue weighted by molar-refractivity contribution is 7.79. The number of piperazine rings is 1. The molecular weight excluding hydrogens is 800 g/mol. The van der Waals surface area contributed by atoms with Crippen LogP contribution in [0.4, 0.5) is 35.9 Å². The molecule has 2 atom stereocenters. The van der Waals surface area contributed by atoms with E-state index in [0.29, 0.717) is 68.2 Å². The van der Waals surface area contributed by atoms with E-state index in [-0.39, 0.29) is 42.4 Å². The van der Waals surface area contributed by atoms with Crippen molar-refractivity contribution < 1.29 is 37.1 Å². The fourth-order valence-corrected chi connectivity index (χ4v) is 8.20. The number of aromatic nitrogens is 1. The highest BCUT2D eigenvalue weighted by Crippen LogP contribution is 2.43. The van der Waals surface area contributed by atoms with Crippen LogP contribution in [0.3, 0.4) is 0 Å². The number of nitrogens with zero attached hydrogens (tertiary/aromatic N) is 6. The average Bonchev–Trinajstić information content (AvgIpc) is 3.20. The van der Waals surface area contributed by atoms with Crippen molar-refractivity contribution in [1.82, 2.24) is 20.1 Å². The summed E-state index contributed by atoms with van der Waals surface area (Å²) in [4.78, 5) is 61.7. The molecule has 2 saturated heterocycles. The summed E-state index contributed by atoms with van der Waals surface area (Å²) in [5.41, 5.74) is 1.07. The Labute approximate surface area is 352 Å². The van der Waals surface area contributed by atoms with Crippen LogP contribution in [0.25, 0.3) is 0 Å². The van der Waals surface area contributed by atoms with Gasteiger partial charge >= 0.3 is 6.18 Å². The number of imide groups is 1. The first-order chi connectivity index (χ1) is 28.6. The Morgan fingerprint density at radius 2 is 1.90 bits per heavy atom. The number of halogens is 3. The zero-order valence-electron chi connectivity index (χ0n) is 33.7. The molecule has 4 amide bonds. The molecule has 1 aromatic heterocycles. The van der Waals surface area contributed by atoms with Gasteiger partial charge in [-0.3, -0.25) is 34.3 Å². The van der Waals surface area contributed by atoms with Crippen LogP contribution in [-0.2, 0) is 31.8 Å². The van der Waals surface area contributed by atoms with Crippen molar-refractivity contribution in [3.8, 4) is 11.8 Å². The average molecular weight is 848 g/mol. The quantitative estimate of drug-likeness (QED) is 0.137. The van der Waals surface area contributed by atoms with Crippen LogP contribution < -0.4 is 30.5 Å². The summed E-state index contributed by atoms with van der Waals surface area (Å²) in [5, 5.41) is 17.6. The van der Waals surface area contributed by atoms with E-state index in [1.807, 2.05) is 25.1 Å². The van der Waals surface area contributed by atoms with Crippen LogP contribution in [0.5, 0.6) is 5.75 Å². The number of nitrogens with one attached hydrogen (secondary N) is 3. The first kappa shape index (κ1) is 43.9. The predicted molar refractivity (Wildman–Crippen MR) is 224 cm³/mol. The number of piperidine rings is 1. The number of carbonyl (C=O) groups excluding carboxylic acids is 4. The molecule has 1 aliphatic carbocycles. The molecule has 3 aromatic rings. The number of alkyl halides is 3. The molecule has 0 radical (unpaired) electrons. The Kier molecular flexibility index (Phi) is 13.7. The number of nitriles is 1. The fourth-order valence-electron chi connectivity index (χ4n) is 7.88. The van der Waals surface area contributed by atoms with Crippen molar-refractivity contribution in [3.05, 3.63) is 71.5 Å². The van der Waals surface area contributed by atoms with Crippen LogP contribution >= 0.6 is 12.2 Å². The van der Waals surface area contributed by atoms with Crippen LogP contribution in [0.15, 0.2) is 54.7 Å². The lowest BCUT2D eigenvalue weighted by Gasteiger charge is -2.49. The van der Waals surface area contributed by atoms with E-state index in [2.05, 4.69) is 37.7 Å². The topological polar surface area (TPSA) is 163 Å². The molecule has 2 aromatic carbocycles. The number of hydrogen-bond donors (Lipinski definition) is 3. The first-order valence-electron chi connectivity index (χ1n) is 19.9. The van der Waals surface area contributed by atoms with Gasteiger partial charge in [-0.05, 0) is 87.1 Å². The number of amides is 4. The van der Waals surface area contributed by atoms with Crippen LogP contribution in [0.1, 0.15) is 62.8 Å². The minimum atomic E-state index is -4.82. The number of pyridine rings is 1. The van der Waals surface area contributed by atoms with E-state index in [1.54, 1.807) is 29.2 Å². The number of likely N-dealkylation sites (N-methyl/N-ethyl adjacent to an activating group) is 1. The lowest BCUT2D eigenvalue weighted by atomic mass is 9.74. The molecular formula is C42H48F3N9O5S. The molecule has 318 valence electrons. The number of thiocarbonyl (C=S) groups is 1. The minimum Gasteiger partial charge on any atom is -0.492 e.